The number of hydrogen-bond acceptors (Lipinski definition) is 3. The average molecular weight is 344 g/mol. The molecule has 108 valence electrons. The van der Waals surface area contributed by atoms with Crippen LogP contribution in [0, 0.1) is 5.82 Å². The van der Waals surface area contributed by atoms with Crippen LogP contribution >= 0.6 is 15.9 Å². The van der Waals surface area contributed by atoms with Gasteiger partial charge in [0.1, 0.15) is 5.82 Å². The van der Waals surface area contributed by atoms with Gasteiger partial charge in [0.2, 0.25) is 5.91 Å². The molecular weight excluding hydrogens is 329 g/mol. The van der Waals surface area contributed by atoms with Gasteiger partial charge in [-0.2, -0.15) is 0 Å². The molecule has 1 saturated heterocycles. The third kappa shape index (κ3) is 3.55. The molecule has 0 bridgehead atoms. The van der Waals surface area contributed by atoms with E-state index in [1.54, 1.807) is 6.07 Å². The average Bonchev–Trinajstić information content (AvgIpc) is 2.79. The number of nitrogens with two attached hydrogens (primary N) is 1. The molecule has 1 aromatic carbocycles. The van der Waals surface area contributed by atoms with Crippen LogP contribution in [0.3, 0.4) is 0 Å². The minimum Gasteiger partial charge on any atom is -0.351 e. The number of nitrogens with zero attached hydrogens (tertiary/aromatic N) is 1. The molecule has 1 aromatic rings. The van der Waals surface area contributed by atoms with E-state index in [9.17, 15) is 14.0 Å². The molecule has 3 N–H and O–H groups in total. The molecule has 0 saturated carbocycles. The number of imide groups is 1. The Morgan fingerprint density at radius 3 is 2.90 bits per heavy atom. The van der Waals surface area contributed by atoms with Gasteiger partial charge in [-0.15, -0.1) is 0 Å². The van der Waals surface area contributed by atoms with Crippen molar-refractivity contribution in [1.29, 1.82) is 0 Å². The number of hydrogen-bond donors (Lipinski definition) is 2. The molecule has 0 unspecified atom stereocenters. The van der Waals surface area contributed by atoms with E-state index in [0.717, 1.165) is 24.9 Å². The zero-order valence-electron chi connectivity index (χ0n) is 10.7. The molecule has 1 fully saturated rings. The van der Waals surface area contributed by atoms with Gasteiger partial charge in [-0.25, -0.2) is 9.18 Å². The number of primary amides is 1. The number of halogens is 2. The standard InChI is InChI=1S/C13H15BrFN3O2/c14-9-4-3-8(6-10(9)15)11-2-1-5-18(11)7-12(19)17-13(16)20/h3-4,6,11H,1-2,5,7H2,(H3,16,17,19,20)/t11-/m0/s1. The summed E-state index contributed by atoms with van der Waals surface area (Å²) in [6.07, 6.45) is 1.77. The highest BCUT2D eigenvalue weighted by Crippen LogP contribution is 2.32. The number of amides is 3. The van der Waals surface area contributed by atoms with Crippen LogP contribution in [0.1, 0.15) is 24.4 Å². The van der Waals surface area contributed by atoms with Gasteiger partial charge in [0, 0.05) is 6.04 Å². The largest absolute Gasteiger partial charge is 0.351 e. The van der Waals surface area contributed by atoms with E-state index in [1.807, 2.05) is 16.3 Å². The number of likely N-dealkylation sites (tertiary alicyclic amines) is 1. The Balaban J connectivity index is 2.08. The van der Waals surface area contributed by atoms with Crippen LogP contribution in [0.2, 0.25) is 0 Å². The molecule has 1 atom stereocenters. The third-order valence-corrected chi connectivity index (χ3v) is 3.94. The first-order chi connectivity index (χ1) is 9.47. The Morgan fingerprint density at radius 1 is 1.50 bits per heavy atom. The summed E-state index contributed by atoms with van der Waals surface area (Å²) in [5.41, 5.74) is 5.73. The van der Waals surface area contributed by atoms with E-state index in [4.69, 9.17) is 5.73 Å². The Labute approximate surface area is 124 Å². The van der Waals surface area contributed by atoms with Crippen LogP contribution in [0.5, 0.6) is 0 Å². The predicted octanol–water partition coefficient (Wildman–Crippen LogP) is 1.92. The van der Waals surface area contributed by atoms with Gasteiger partial charge in [-0.1, -0.05) is 6.07 Å². The van der Waals surface area contributed by atoms with Crippen LogP contribution in [0.15, 0.2) is 22.7 Å². The predicted molar refractivity (Wildman–Crippen MR) is 75.4 cm³/mol. The molecule has 0 aromatic heterocycles. The summed E-state index contributed by atoms with van der Waals surface area (Å²) in [5, 5.41) is 2.04. The van der Waals surface area contributed by atoms with Gasteiger partial charge in [0.05, 0.1) is 11.0 Å². The Kier molecular flexibility index (Phi) is 4.72. The van der Waals surface area contributed by atoms with Gasteiger partial charge in [-0.3, -0.25) is 15.0 Å². The second-order valence-electron chi connectivity index (χ2n) is 4.71. The van der Waals surface area contributed by atoms with Crippen molar-refractivity contribution in [1.82, 2.24) is 10.2 Å². The number of rotatable bonds is 3. The SMILES string of the molecule is NC(=O)NC(=O)CN1CCC[C@H]1c1ccc(Br)c(F)c1. The number of nitrogens with one attached hydrogen (secondary N) is 1. The minimum atomic E-state index is -0.861. The summed E-state index contributed by atoms with van der Waals surface area (Å²) in [4.78, 5) is 24.1. The lowest BCUT2D eigenvalue weighted by Gasteiger charge is -2.24. The maximum Gasteiger partial charge on any atom is 0.318 e. The summed E-state index contributed by atoms with van der Waals surface area (Å²) in [5.74, 6) is -0.766. The fourth-order valence-corrected chi connectivity index (χ4v) is 2.72. The maximum atomic E-state index is 13.6. The molecule has 20 heavy (non-hydrogen) atoms. The van der Waals surface area contributed by atoms with Gasteiger partial charge in [0.15, 0.2) is 0 Å². The smallest absolute Gasteiger partial charge is 0.318 e. The van der Waals surface area contributed by atoms with Crippen molar-refractivity contribution in [2.24, 2.45) is 5.73 Å². The minimum absolute atomic E-state index is 0.0174. The fraction of sp³-hybridized carbons (Fsp3) is 0.385. The fourth-order valence-electron chi connectivity index (χ4n) is 2.47. The highest BCUT2D eigenvalue weighted by Gasteiger charge is 2.28. The highest BCUT2D eigenvalue weighted by molar-refractivity contribution is 9.10. The van der Waals surface area contributed by atoms with Gasteiger partial charge in [0.25, 0.3) is 0 Å². The molecule has 3 amide bonds. The van der Waals surface area contributed by atoms with Crippen LogP contribution < -0.4 is 11.1 Å². The molecular formula is C13H15BrFN3O2. The van der Waals surface area contributed by atoms with E-state index in [0.29, 0.717) is 4.47 Å². The molecule has 7 heteroatoms. The quantitative estimate of drug-likeness (QED) is 0.880. The van der Waals surface area contributed by atoms with Crippen molar-refractivity contribution < 1.29 is 14.0 Å². The van der Waals surface area contributed by atoms with Crippen molar-refractivity contribution in [3.63, 3.8) is 0 Å². The van der Waals surface area contributed by atoms with E-state index < -0.39 is 11.9 Å². The van der Waals surface area contributed by atoms with Crippen LogP contribution in [0.4, 0.5) is 9.18 Å². The summed E-state index contributed by atoms with van der Waals surface area (Å²) in [6.45, 7) is 0.805. The number of carbonyl (C=O) groups is 2. The summed E-state index contributed by atoms with van der Waals surface area (Å²) in [6, 6.07) is 4.09. The number of benzene rings is 1. The normalized spacial score (nSPS) is 19.0. The number of urea groups is 1. The monoisotopic (exact) mass is 343 g/mol. The van der Waals surface area contributed by atoms with Crippen molar-refractivity contribution in [2.45, 2.75) is 18.9 Å². The van der Waals surface area contributed by atoms with Gasteiger partial charge >= 0.3 is 6.03 Å². The Bertz CT molecular complexity index is 538. The second-order valence-corrected chi connectivity index (χ2v) is 5.57. The highest BCUT2D eigenvalue weighted by atomic mass is 79.9. The van der Waals surface area contributed by atoms with E-state index in [1.165, 1.54) is 6.07 Å². The molecule has 5 nitrogen and oxygen atoms in total. The van der Waals surface area contributed by atoms with Gasteiger partial charge in [-0.05, 0) is 53.0 Å². The summed E-state index contributed by atoms with van der Waals surface area (Å²) < 4.78 is 14.0. The lowest BCUT2D eigenvalue weighted by Crippen LogP contribution is -2.42. The first-order valence-corrected chi connectivity index (χ1v) is 7.05. The molecule has 0 spiro atoms. The van der Waals surface area contributed by atoms with E-state index in [2.05, 4.69) is 15.9 Å². The second kappa shape index (κ2) is 6.32. The zero-order chi connectivity index (χ0) is 14.7. The van der Waals surface area contributed by atoms with Crippen LogP contribution in [-0.2, 0) is 4.79 Å². The Hall–Kier alpha value is -1.47. The molecule has 1 aliphatic heterocycles. The van der Waals surface area contributed by atoms with Crippen molar-refractivity contribution >= 4 is 27.9 Å². The Morgan fingerprint density at radius 2 is 2.25 bits per heavy atom. The third-order valence-electron chi connectivity index (χ3n) is 3.30. The molecule has 1 heterocycles. The first-order valence-electron chi connectivity index (χ1n) is 6.25. The molecule has 0 radical (unpaired) electrons. The molecule has 1 aliphatic rings. The molecule has 0 aliphatic carbocycles. The van der Waals surface area contributed by atoms with Crippen molar-refractivity contribution in [2.75, 3.05) is 13.1 Å². The topological polar surface area (TPSA) is 75.4 Å². The van der Waals surface area contributed by atoms with Crippen molar-refractivity contribution in [3.8, 4) is 0 Å². The first kappa shape index (κ1) is 14.9. The van der Waals surface area contributed by atoms with E-state index >= 15 is 0 Å². The van der Waals surface area contributed by atoms with Gasteiger partial charge < -0.3 is 5.73 Å². The lowest BCUT2D eigenvalue weighted by atomic mass is 10.0. The maximum absolute atomic E-state index is 13.6. The summed E-state index contributed by atoms with van der Waals surface area (Å²) in [7, 11) is 0. The van der Waals surface area contributed by atoms with Crippen molar-refractivity contribution in [3.05, 3.63) is 34.1 Å². The van der Waals surface area contributed by atoms with Crippen LogP contribution in [0.25, 0.3) is 0 Å². The number of carbonyl (C=O) groups excluding carboxylic acids is 2. The van der Waals surface area contributed by atoms with E-state index in [-0.39, 0.29) is 18.4 Å². The lowest BCUT2D eigenvalue weighted by molar-refractivity contribution is -0.121. The van der Waals surface area contributed by atoms with Crippen LogP contribution in [-0.4, -0.2) is 29.9 Å². The summed E-state index contributed by atoms with van der Waals surface area (Å²) >= 11 is 3.12. The molecule has 2 rings (SSSR count). The zero-order valence-corrected chi connectivity index (χ0v) is 12.3.